The van der Waals surface area contributed by atoms with Gasteiger partial charge in [0, 0.05) is 29.2 Å². The zero-order valence-electron chi connectivity index (χ0n) is 21.4. The number of sulfonamides is 1. The molecule has 3 aromatic carbocycles. The Morgan fingerprint density at radius 3 is 2.08 bits per heavy atom. The molecule has 0 saturated heterocycles. The molecule has 0 radical (unpaired) electrons. The molecule has 0 bridgehead atoms. The van der Waals surface area contributed by atoms with Crippen LogP contribution in [0.3, 0.4) is 0 Å². The molecule has 0 aliphatic carbocycles. The highest BCUT2D eigenvalue weighted by Crippen LogP contribution is 2.29. The number of aryl methyl sites for hydroxylation is 1. The van der Waals surface area contributed by atoms with Crippen LogP contribution in [0.1, 0.15) is 18.1 Å². The van der Waals surface area contributed by atoms with E-state index in [1.807, 2.05) is 6.92 Å². The number of amides is 2. The number of nitrogens with zero attached hydrogens (tertiary/aromatic N) is 2. The Labute approximate surface area is 233 Å². The van der Waals surface area contributed by atoms with E-state index >= 15 is 0 Å². The summed E-state index contributed by atoms with van der Waals surface area (Å²) in [5.74, 6) is -0.529. The molecular weight excluding hydrogens is 549 g/mol. The van der Waals surface area contributed by atoms with Gasteiger partial charge in [0.15, 0.2) is 0 Å². The van der Waals surface area contributed by atoms with Crippen LogP contribution in [0.2, 0.25) is 10.0 Å². The van der Waals surface area contributed by atoms with E-state index in [9.17, 15) is 18.0 Å². The third-order valence-electron chi connectivity index (χ3n) is 6.05. The smallest absolute Gasteiger partial charge is 0.264 e. The van der Waals surface area contributed by atoms with Gasteiger partial charge in [-0.15, -0.1) is 0 Å². The second kappa shape index (κ2) is 12.5. The normalized spacial score (nSPS) is 11.9. The van der Waals surface area contributed by atoms with Crippen LogP contribution in [0.5, 0.6) is 5.75 Å². The molecule has 0 aliphatic rings. The fraction of sp³-hybridized carbons (Fsp3) is 0.259. The number of nitrogens with one attached hydrogen (secondary N) is 1. The Balaban J connectivity index is 2.07. The van der Waals surface area contributed by atoms with Crippen molar-refractivity contribution in [3.63, 3.8) is 0 Å². The third-order valence-corrected chi connectivity index (χ3v) is 8.55. The Morgan fingerprint density at radius 1 is 0.974 bits per heavy atom. The van der Waals surface area contributed by atoms with E-state index in [1.165, 1.54) is 31.2 Å². The summed E-state index contributed by atoms with van der Waals surface area (Å²) in [6.07, 6.45) is 0. The predicted octanol–water partition coefficient (Wildman–Crippen LogP) is 4.67. The van der Waals surface area contributed by atoms with E-state index < -0.39 is 34.4 Å². The highest BCUT2D eigenvalue weighted by Gasteiger charge is 2.33. The van der Waals surface area contributed by atoms with Gasteiger partial charge in [-0.05, 0) is 62.4 Å². The summed E-state index contributed by atoms with van der Waals surface area (Å²) >= 11 is 12.7. The molecule has 0 saturated carbocycles. The number of carbonyl (C=O) groups is 2. The minimum atomic E-state index is -4.17. The van der Waals surface area contributed by atoms with Gasteiger partial charge in [-0.1, -0.05) is 47.0 Å². The Morgan fingerprint density at radius 2 is 1.55 bits per heavy atom. The lowest BCUT2D eigenvalue weighted by Crippen LogP contribution is -2.50. The number of methoxy groups -OCH3 is 1. The van der Waals surface area contributed by atoms with Gasteiger partial charge < -0.3 is 15.0 Å². The summed E-state index contributed by atoms with van der Waals surface area (Å²) < 4.78 is 33.8. The van der Waals surface area contributed by atoms with E-state index in [4.69, 9.17) is 27.9 Å². The first-order chi connectivity index (χ1) is 18.0. The molecule has 1 N–H and O–H groups in total. The molecule has 38 heavy (non-hydrogen) atoms. The lowest BCUT2D eigenvalue weighted by molar-refractivity contribution is -0.139. The van der Waals surface area contributed by atoms with Crippen LogP contribution in [-0.2, 0) is 26.2 Å². The molecule has 11 heteroatoms. The van der Waals surface area contributed by atoms with Crippen molar-refractivity contribution in [2.45, 2.75) is 31.3 Å². The number of benzene rings is 3. The largest absolute Gasteiger partial charge is 0.497 e. The number of hydrogen-bond donors (Lipinski definition) is 1. The van der Waals surface area contributed by atoms with Gasteiger partial charge in [0.1, 0.15) is 18.3 Å². The zero-order chi connectivity index (χ0) is 28.0. The first kappa shape index (κ1) is 29.3. The maximum absolute atomic E-state index is 13.8. The van der Waals surface area contributed by atoms with Crippen LogP contribution in [0.4, 0.5) is 5.69 Å². The van der Waals surface area contributed by atoms with Gasteiger partial charge in [-0.25, -0.2) is 8.42 Å². The van der Waals surface area contributed by atoms with Crippen LogP contribution in [0, 0.1) is 6.92 Å². The summed E-state index contributed by atoms with van der Waals surface area (Å²) in [5.41, 5.74) is 1.58. The first-order valence-electron chi connectivity index (χ1n) is 11.7. The molecule has 202 valence electrons. The number of hydrogen-bond acceptors (Lipinski definition) is 5. The van der Waals surface area contributed by atoms with E-state index in [-0.39, 0.29) is 17.1 Å². The summed E-state index contributed by atoms with van der Waals surface area (Å²) in [5, 5.41) is 3.17. The molecule has 0 spiro atoms. The van der Waals surface area contributed by atoms with Crippen molar-refractivity contribution < 1.29 is 22.7 Å². The molecule has 2 amide bonds. The standard InChI is InChI=1S/C27H29Cl2N3O5S/c1-18-8-14-22(15-9-18)38(35,36)32(20-10-12-21(37-4)13-11-20)17-26(33)31(19(2)27(34)30-3)16-23-24(28)6-5-7-25(23)29/h5-15,19H,16-17H2,1-4H3,(H,30,34)/t19-/m0/s1. The number of ether oxygens (including phenoxy) is 1. The molecule has 8 nitrogen and oxygen atoms in total. The summed E-state index contributed by atoms with van der Waals surface area (Å²) in [4.78, 5) is 27.7. The summed E-state index contributed by atoms with van der Waals surface area (Å²) in [6, 6.07) is 16.6. The van der Waals surface area contributed by atoms with Crippen LogP contribution < -0.4 is 14.4 Å². The number of halogens is 2. The average molecular weight is 579 g/mol. The Kier molecular flexibility index (Phi) is 9.65. The molecule has 0 aliphatic heterocycles. The van der Waals surface area contributed by atoms with Crippen LogP contribution in [-0.4, -0.2) is 51.9 Å². The minimum absolute atomic E-state index is 0.0202. The van der Waals surface area contributed by atoms with Gasteiger partial charge in [0.2, 0.25) is 11.8 Å². The van der Waals surface area contributed by atoms with Crippen molar-refractivity contribution in [3.05, 3.63) is 87.9 Å². The fourth-order valence-electron chi connectivity index (χ4n) is 3.76. The topological polar surface area (TPSA) is 96.0 Å². The van der Waals surface area contributed by atoms with Crippen LogP contribution in [0.25, 0.3) is 0 Å². The second-order valence-electron chi connectivity index (χ2n) is 8.53. The number of likely N-dealkylation sites (N-methyl/N-ethyl adjacent to an activating group) is 1. The summed E-state index contributed by atoms with van der Waals surface area (Å²) in [6.45, 7) is 2.71. The highest BCUT2D eigenvalue weighted by molar-refractivity contribution is 7.92. The van der Waals surface area contributed by atoms with Crippen molar-refractivity contribution in [3.8, 4) is 5.75 Å². The zero-order valence-corrected chi connectivity index (χ0v) is 23.8. The number of carbonyl (C=O) groups excluding carboxylic acids is 2. The Hall–Kier alpha value is -3.27. The van der Waals surface area contributed by atoms with Crippen LogP contribution in [0.15, 0.2) is 71.6 Å². The molecule has 3 aromatic rings. The maximum atomic E-state index is 13.8. The lowest BCUT2D eigenvalue weighted by Gasteiger charge is -2.32. The third kappa shape index (κ3) is 6.59. The first-order valence-corrected chi connectivity index (χ1v) is 13.9. The Bertz CT molecular complexity index is 1380. The van der Waals surface area contributed by atoms with Gasteiger partial charge in [0.05, 0.1) is 17.7 Å². The maximum Gasteiger partial charge on any atom is 0.264 e. The molecule has 1 atom stereocenters. The number of rotatable bonds is 10. The predicted molar refractivity (Wildman–Crippen MR) is 149 cm³/mol. The van der Waals surface area contributed by atoms with E-state index in [2.05, 4.69) is 5.32 Å². The molecular formula is C27H29Cl2N3O5S. The van der Waals surface area contributed by atoms with Gasteiger partial charge >= 0.3 is 0 Å². The molecule has 0 heterocycles. The van der Waals surface area contributed by atoms with Gasteiger partial charge in [0.25, 0.3) is 10.0 Å². The molecule has 3 rings (SSSR count). The molecule has 0 aromatic heterocycles. The summed E-state index contributed by atoms with van der Waals surface area (Å²) in [7, 11) is -1.22. The van der Waals surface area contributed by atoms with Crippen LogP contribution >= 0.6 is 23.2 Å². The SMILES string of the molecule is CNC(=O)[C@H](C)N(Cc1c(Cl)cccc1Cl)C(=O)CN(c1ccc(OC)cc1)S(=O)(=O)c1ccc(C)cc1. The van der Waals surface area contributed by atoms with Crippen molar-refractivity contribution in [1.29, 1.82) is 0 Å². The quantitative estimate of drug-likeness (QED) is 0.378. The van der Waals surface area contributed by atoms with Crippen molar-refractivity contribution >= 4 is 50.7 Å². The van der Waals surface area contributed by atoms with Gasteiger partial charge in [-0.3, -0.25) is 13.9 Å². The fourth-order valence-corrected chi connectivity index (χ4v) is 5.69. The lowest BCUT2D eigenvalue weighted by atomic mass is 10.1. The monoisotopic (exact) mass is 577 g/mol. The van der Waals surface area contributed by atoms with E-state index in [0.29, 0.717) is 21.4 Å². The minimum Gasteiger partial charge on any atom is -0.497 e. The van der Waals surface area contributed by atoms with E-state index in [1.54, 1.807) is 61.5 Å². The highest BCUT2D eigenvalue weighted by atomic mass is 35.5. The van der Waals surface area contributed by atoms with Crippen molar-refractivity contribution in [2.75, 3.05) is 25.0 Å². The van der Waals surface area contributed by atoms with Crippen molar-refractivity contribution in [2.24, 2.45) is 0 Å². The molecule has 0 fully saturated rings. The van der Waals surface area contributed by atoms with E-state index in [0.717, 1.165) is 9.87 Å². The van der Waals surface area contributed by atoms with Gasteiger partial charge in [-0.2, -0.15) is 0 Å². The second-order valence-corrected chi connectivity index (χ2v) is 11.2. The molecule has 0 unspecified atom stereocenters. The number of anilines is 1. The van der Waals surface area contributed by atoms with Crippen molar-refractivity contribution in [1.82, 2.24) is 10.2 Å². The average Bonchev–Trinajstić information content (AvgIpc) is 2.91.